The number of hydrogen-bond donors (Lipinski definition) is 2. The molecule has 0 aliphatic carbocycles. The molecular formula is C7H14N2O2S. The summed E-state index contributed by atoms with van der Waals surface area (Å²) in [7, 11) is 0. The highest BCUT2D eigenvalue weighted by atomic mass is 32.2. The summed E-state index contributed by atoms with van der Waals surface area (Å²) in [5.41, 5.74) is 2.11. The van der Waals surface area contributed by atoms with Gasteiger partial charge in [0.15, 0.2) is 0 Å². The molecule has 0 aromatic heterocycles. The van der Waals surface area contributed by atoms with Crippen molar-refractivity contribution in [1.82, 2.24) is 5.43 Å². The van der Waals surface area contributed by atoms with E-state index in [9.17, 15) is 4.79 Å². The highest BCUT2D eigenvalue weighted by Crippen LogP contribution is 2.21. The Morgan fingerprint density at radius 2 is 2.25 bits per heavy atom. The van der Waals surface area contributed by atoms with Crippen LogP contribution in [0.25, 0.3) is 0 Å². The first kappa shape index (κ1) is 9.83. The van der Waals surface area contributed by atoms with Gasteiger partial charge in [-0.25, -0.2) is 5.84 Å². The first-order chi connectivity index (χ1) is 5.83. The third-order valence-corrected chi connectivity index (χ3v) is 3.15. The first-order valence-electron chi connectivity index (χ1n) is 4.01. The number of amides is 1. The van der Waals surface area contributed by atoms with E-state index < -0.39 is 0 Å². The summed E-state index contributed by atoms with van der Waals surface area (Å²) in [5, 5.41) is 0.566. The van der Waals surface area contributed by atoms with E-state index in [-0.39, 0.29) is 5.91 Å². The summed E-state index contributed by atoms with van der Waals surface area (Å²) in [6, 6.07) is 0. The molecule has 0 unspecified atom stereocenters. The molecule has 5 heteroatoms. The zero-order valence-corrected chi connectivity index (χ0v) is 7.73. The van der Waals surface area contributed by atoms with E-state index in [0.717, 1.165) is 26.1 Å². The Hall–Kier alpha value is -0.260. The largest absolute Gasteiger partial charge is 0.381 e. The number of nitrogens with two attached hydrogens (primary N) is 1. The molecule has 1 aliphatic heterocycles. The zero-order valence-electron chi connectivity index (χ0n) is 6.91. The Labute approximate surface area is 76.2 Å². The fraction of sp³-hybridized carbons (Fsp3) is 0.857. The summed E-state index contributed by atoms with van der Waals surface area (Å²) < 4.78 is 5.19. The Morgan fingerprint density at radius 3 is 2.83 bits per heavy atom. The maximum Gasteiger partial charge on any atom is 0.243 e. The van der Waals surface area contributed by atoms with Crippen LogP contribution in [0.15, 0.2) is 0 Å². The molecular weight excluding hydrogens is 176 g/mol. The third-order valence-electron chi connectivity index (χ3n) is 1.78. The molecule has 0 spiro atoms. The highest BCUT2D eigenvalue weighted by Gasteiger charge is 2.14. The van der Waals surface area contributed by atoms with Crippen molar-refractivity contribution in [1.29, 1.82) is 0 Å². The molecule has 0 saturated carbocycles. The van der Waals surface area contributed by atoms with Crippen molar-refractivity contribution < 1.29 is 9.53 Å². The van der Waals surface area contributed by atoms with Gasteiger partial charge in [-0.1, -0.05) is 0 Å². The summed E-state index contributed by atoms with van der Waals surface area (Å²) in [4.78, 5) is 10.8. The number of ether oxygens (including phenoxy) is 1. The second-order valence-corrected chi connectivity index (χ2v) is 3.98. The molecule has 1 saturated heterocycles. The number of hydrazine groups is 1. The zero-order chi connectivity index (χ0) is 8.81. The molecule has 0 aromatic carbocycles. The second kappa shape index (κ2) is 5.40. The van der Waals surface area contributed by atoms with Gasteiger partial charge in [-0.15, -0.1) is 11.8 Å². The van der Waals surface area contributed by atoms with Crippen molar-refractivity contribution >= 4 is 17.7 Å². The minimum atomic E-state index is -0.105. The minimum absolute atomic E-state index is 0.105. The average Bonchev–Trinajstić information content (AvgIpc) is 2.16. The van der Waals surface area contributed by atoms with Crippen molar-refractivity contribution in [2.24, 2.45) is 5.84 Å². The van der Waals surface area contributed by atoms with Crippen LogP contribution < -0.4 is 11.3 Å². The van der Waals surface area contributed by atoms with Gasteiger partial charge < -0.3 is 4.74 Å². The lowest BCUT2D eigenvalue weighted by molar-refractivity contribution is -0.118. The molecule has 1 aliphatic rings. The Kier molecular flexibility index (Phi) is 4.42. The minimum Gasteiger partial charge on any atom is -0.381 e. The van der Waals surface area contributed by atoms with E-state index in [1.165, 1.54) is 0 Å². The third kappa shape index (κ3) is 3.42. The summed E-state index contributed by atoms with van der Waals surface area (Å²) >= 11 is 1.66. The van der Waals surface area contributed by atoms with Crippen LogP contribution in [-0.4, -0.2) is 30.1 Å². The van der Waals surface area contributed by atoms with Gasteiger partial charge in [0.25, 0.3) is 0 Å². The van der Waals surface area contributed by atoms with Crippen molar-refractivity contribution in [3.05, 3.63) is 0 Å². The molecule has 0 aromatic rings. The van der Waals surface area contributed by atoms with Crippen LogP contribution in [-0.2, 0) is 9.53 Å². The fourth-order valence-corrected chi connectivity index (χ4v) is 2.07. The quantitative estimate of drug-likeness (QED) is 0.370. The van der Waals surface area contributed by atoms with E-state index >= 15 is 0 Å². The topological polar surface area (TPSA) is 64.3 Å². The van der Waals surface area contributed by atoms with Crippen LogP contribution >= 0.6 is 11.8 Å². The van der Waals surface area contributed by atoms with E-state index in [0.29, 0.717) is 11.0 Å². The SMILES string of the molecule is NNC(=O)CSC1CCOCC1. The number of carbonyl (C=O) groups is 1. The van der Waals surface area contributed by atoms with E-state index in [2.05, 4.69) is 5.43 Å². The molecule has 0 bridgehead atoms. The van der Waals surface area contributed by atoms with Crippen LogP contribution in [0.5, 0.6) is 0 Å². The fourth-order valence-electron chi connectivity index (χ4n) is 1.08. The average molecular weight is 190 g/mol. The molecule has 12 heavy (non-hydrogen) atoms. The van der Waals surface area contributed by atoms with Crippen LogP contribution in [0.1, 0.15) is 12.8 Å². The predicted molar refractivity (Wildman–Crippen MR) is 48.6 cm³/mol. The number of nitrogens with one attached hydrogen (secondary N) is 1. The van der Waals surface area contributed by atoms with Gasteiger partial charge in [0, 0.05) is 18.5 Å². The Morgan fingerprint density at radius 1 is 1.58 bits per heavy atom. The summed E-state index contributed by atoms with van der Waals surface area (Å²) in [5.74, 6) is 5.30. The molecule has 1 heterocycles. The summed E-state index contributed by atoms with van der Waals surface area (Å²) in [6.07, 6.45) is 2.09. The maximum absolute atomic E-state index is 10.8. The number of thioether (sulfide) groups is 1. The van der Waals surface area contributed by atoms with Crippen molar-refractivity contribution in [2.75, 3.05) is 19.0 Å². The van der Waals surface area contributed by atoms with Gasteiger partial charge in [-0.05, 0) is 12.8 Å². The lowest BCUT2D eigenvalue weighted by Crippen LogP contribution is -2.32. The molecule has 1 rings (SSSR count). The Balaban J connectivity index is 2.09. The maximum atomic E-state index is 10.8. The highest BCUT2D eigenvalue weighted by molar-refractivity contribution is 8.00. The molecule has 4 nitrogen and oxygen atoms in total. The lowest BCUT2D eigenvalue weighted by Gasteiger charge is -2.20. The van der Waals surface area contributed by atoms with Gasteiger partial charge in [-0.3, -0.25) is 10.2 Å². The van der Waals surface area contributed by atoms with Gasteiger partial charge in [0.05, 0.1) is 5.75 Å². The monoisotopic (exact) mass is 190 g/mol. The van der Waals surface area contributed by atoms with Gasteiger partial charge >= 0.3 is 0 Å². The van der Waals surface area contributed by atoms with E-state index in [4.69, 9.17) is 10.6 Å². The standard InChI is InChI=1S/C7H14N2O2S/c8-9-7(10)5-12-6-1-3-11-4-2-6/h6H,1-5,8H2,(H,9,10). The summed E-state index contributed by atoms with van der Waals surface area (Å²) in [6.45, 7) is 1.64. The van der Waals surface area contributed by atoms with E-state index in [1.807, 2.05) is 0 Å². The smallest absolute Gasteiger partial charge is 0.243 e. The van der Waals surface area contributed by atoms with Crippen molar-refractivity contribution in [3.8, 4) is 0 Å². The second-order valence-electron chi connectivity index (χ2n) is 2.69. The normalized spacial score (nSPS) is 19.1. The molecule has 0 atom stereocenters. The van der Waals surface area contributed by atoms with Crippen LogP contribution in [0, 0.1) is 0 Å². The van der Waals surface area contributed by atoms with E-state index in [1.54, 1.807) is 11.8 Å². The van der Waals surface area contributed by atoms with Crippen LogP contribution in [0.2, 0.25) is 0 Å². The number of rotatable bonds is 3. The first-order valence-corrected chi connectivity index (χ1v) is 5.06. The predicted octanol–water partition coefficient (Wildman–Crippen LogP) is -0.112. The number of carbonyl (C=O) groups excluding carboxylic acids is 1. The Bertz CT molecular complexity index is 148. The van der Waals surface area contributed by atoms with Crippen LogP contribution in [0.4, 0.5) is 0 Å². The lowest BCUT2D eigenvalue weighted by atomic mass is 10.2. The molecule has 3 N–H and O–H groups in total. The molecule has 70 valence electrons. The van der Waals surface area contributed by atoms with Gasteiger partial charge in [-0.2, -0.15) is 0 Å². The molecule has 0 radical (unpaired) electrons. The molecule has 1 amide bonds. The van der Waals surface area contributed by atoms with Crippen molar-refractivity contribution in [3.63, 3.8) is 0 Å². The van der Waals surface area contributed by atoms with Crippen LogP contribution in [0.3, 0.4) is 0 Å². The van der Waals surface area contributed by atoms with Gasteiger partial charge in [0.2, 0.25) is 5.91 Å². The van der Waals surface area contributed by atoms with Crippen molar-refractivity contribution in [2.45, 2.75) is 18.1 Å². The number of hydrogen-bond acceptors (Lipinski definition) is 4. The molecule has 1 fully saturated rings. The van der Waals surface area contributed by atoms with Gasteiger partial charge in [0.1, 0.15) is 0 Å².